The van der Waals surface area contributed by atoms with Crippen LogP contribution in [0.2, 0.25) is 0 Å². The summed E-state index contributed by atoms with van der Waals surface area (Å²) < 4.78 is 7.02. The quantitative estimate of drug-likeness (QED) is 0.307. The van der Waals surface area contributed by atoms with Crippen LogP contribution in [-0.4, -0.2) is 36.7 Å². The van der Waals surface area contributed by atoms with Crippen LogP contribution < -0.4 is 10.6 Å². The monoisotopic (exact) mass is 521 g/mol. The fourth-order valence-electron chi connectivity index (χ4n) is 3.79. The van der Waals surface area contributed by atoms with Gasteiger partial charge in [-0.2, -0.15) is 5.10 Å². The second-order valence-electron chi connectivity index (χ2n) is 10.0. The molecule has 0 bridgehead atoms. The molecule has 0 unspecified atom stereocenters. The highest BCUT2D eigenvalue weighted by atomic mass is 16.5. The van der Waals surface area contributed by atoms with Crippen molar-refractivity contribution in [3.63, 3.8) is 0 Å². The smallest absolute Gasteiger partial charge is 0.255 e. The number of anilines is 2. The van der Waals surface area contributed by atoms with Crippen molar-refractivity contribution in [2.45, 2.75) is 32.6 Å². The maximum absolute atomic E-state index is 12.8. The van der Waals surface area contributed by atoms with E-state index in [9.17, 15) is 9.59 Å². The lowest BCUT2D eigenvalue weighted by Crippen LogP contribution is -2.15. The summed E-state index contributed by atoms with van der Waals surface area (Å²) in [6, 6.07) is 17.8. The maximum atomic E-state index is 12.8. The number of rotatable bonds is 7. The van der Waals surface area contributed by atoms with Crippen molar-refractivity contribution in [1.82, 2.24) is 24.9 Å². The highest BCUT2D eigenvalue weighted by Crippen LogP contribution is 2.24. The Morgan fingerprint density at radius 3 is 2.41 bits per heavy atom. The molecule has 5 aromatic rings. The molecule has 39 heavy (non-hydrogen) atoms. The predicted octanol–water partition coefficient (Wildman–Crippen LogP) is 5.05. The molecule has 5 rings (SSSR count). The van der Waals surface area contributed by atoms with E-state index < -0.39 is 0 Å². The van der Waals surface area contributed by atoms with Crippen molar-refractivity contribution >= 4 is 23.3 Å². The zero-order valence-electron chi connectivity index (χ0n) is 21.8. The van der Waals surface area contributed by atoms with Crippen LogP contribution in [-0.2, 0) is 16.6 Å². The van der Waals surface area contributed by atoms with Crippen LogP contribution in [0.25, 0.3) is 16.9 Å². The lowest BCUT2D eigenvalue weighted by Gasteiger charge is -2.12. The van der Waals surface area contributed by atoms with Gasteiger partial charge in [0.1, 0.15) is 12.1 Å². The number of amides is 2. The average molecular weight is 522 g/mol. The van der Waals surface area contributed by atoms with E-state index in [1.165, 1.54) is 6.33 Å². The summed E-state index contributed by atoms with van der Waals surface area (Å²) in [6.07, 6.45) is 6.94. The Morgan fingerprint density at radius 1 is 0.974 bits per heavy atom. The molecule has 0 fully saturated rings. The first-order valence-electron chi connectivity index (χ1n) is 12.3. The van der Waals surface area contributed by atoms with Gasteiger partial charge in [0, 0.05) is 40.7 Å². The van der Waals surface area contributed by atoms with Crippen molar-refractivity contribution in [3.05, 3.63) is 102 Å². The van der Waals surface area contributed by atoms with Gasteiger partial charge in [-0.1, -0.05) is 38.1 Å². The topological polar surface area (TPSA) is 128 Å². The lowest BCUT2D eigenvalue weighted by atomic mass is 9.93. The molecule has 0 aliphatic carbocycles. The molecule has 0 spiro atoms. The molecule has 0 radical (unpaired) electrons. The number of aromatic nitrogens is 5. The van der Waals surface area contributed by atoms with Crippen LogP contribution in [0, 0.1) is 0 Å². The molecule has 0 saturated carbocycles. The molecule has 2 amide bonds. The Kier molecular flexibility index (Phi) is 7.00. The molecule has 10 heteroatoms. The van der Waals surface area contributed by atoms with E-state index in [1.54, 1.807) is 59.5 Å². The molecule has 196 valence electrons. The van der Waals surface area contributed by atoms with E-state index in [4.69, 9.17) is 4.52 Å². The normalized spacial score (nSPS) is 11.3. The molecule has 10 nitrogen and oxygen atoms in total. The minimum Gasteiger partial charge on any atom is -0.359 e. The largest absolute Gasteiger partial charge is 0.359 e. The van der Waals surface area contributed by atoms with Gasteiger partial charge in [-0.25, -0.2) is 14.6 Å². The highest BCUT2D eigenvalue weighted by Gasteiger charge is 2.20. The van der Waals surface area contributed by atoms with Crippen LogP contribution in [0.1, 0.15) is 42.5 Å². The number of carbonyl (C=O) groups excluding carboxylic acids is 2. The third-order valence-corrected chi connectivity index (χ3v) is 5.95. The number of nitrogens with one attached hydrogen (secondary N) is 2. The van der Waals surface area contributed by atoms with Crippen molar-refractivity contribution in [2.75, 3.05) is 10.6 Å². The molecule has 0 aliphatic heterocycles. The molecule has 0 aliphatic rings. The number of benzene rings is 2. The first kappa shape index (κ1) is 25.5. The van der Waals surface area contributed by atoms with Gasteiger partial charge >= 0.3 is 0 Å². The van der Waals surface area contributed by atoms with Gasteiger partial charge in [0.25, 0.3) is 5.91 Å². The number of hydrogen-bond acceptors (Lipinski definition) is 7. The van der Waals surface area contributed by atoms with Crippen LogP contribution in [0.4, 0.5) is 11.5 Å². The van der Waals surface area contributed by atoms with E-state index in [1.807, 2.05) is 45.2 Å². The van der Waals surface area contributed by atoms with E-state index >= 15 is 0 Å². The van der Waals surface area contributed by atoms with Gasteiger partial charge in [-0.3, -0.25) is 9.59 Å². The molecule has 0 saturated heterocycles. The van der Waals surface area contributed by atoms with Crippen molar-refractivity contribution in [3.8, 4) is 16.9 Å². The molecule has 2 aromatic carbocycles. The molecular formula is C29H27N7O3. The fourth-order valence-corrected chi connectivity index (χ4v) is 3.79. The fraction of sp³-hybridized carbons (Fsp3) is 0.172. The minimum absolute atomic E-state index is 0.166. The van der Waals surface area contributed by atoms with Crippen molar-refractivity contribution in [2.24, 2.45) is 0 Å². The minimum atomic E-state index is -0.241. The average Bonchev–Trinajstić information content (AvgIpc) is 3.61. The third-order valence-electron chi connectivity index (χ3n) is 5.95. The molecule has 2 N–H and O–H groups in total. The Bertz CT molecular complexity index is 1580. The molecule has 3 aromatic heterocycles. The Morgan fingerprint density at radius 2 is 1.74 bits per heavy atom. The van der Waals surface area contributed by atoms with Crippen molar-refractivity contribution < 1.29 is 14.1 Å². The maximum Gasteiger partial charge on any atom is 0.255 e. The standard InChI is InChI=1S/C29H27N7O3/c1-29(2,3)25-15-26(35-39-25)34-27(37)14-19-4-8-22(9-5-19)33-28(38)20-6-10-23(11-7-20)36-17-21(16-32-36)24-12-13-30-18-31-24/h4-13,15-18H,14H2,1-3H3,(H,33,38)(H,34,35,37). The van der Waals surface area contributed by atoms with Gasteiger partial charge in [0.15, 0.2) is 5.82 Å². The zero-order chi connectivity index (χ0) is 27.4. The summed E-state index contributed by atoms with van der Waals surface area (Å²) >= 11 is 0. The van der Waals surface area contributed by atoms with Gasteiger partial charge in [0.2, 0.25) is 5.91 Å². The SMILES string of the molecule is CC(C)(C)c1cc(NC(=O)Cc2ccc(NC(=O)c3ccc(-n4cc(-c5ccncn5)cn4)cc3)cc2)no1. The summed E-state index contributed by atoms with van der Waals surface area (Å²) in [6.45, 7) is 6.02. The van der Waals surface area contributed by atoms with Crippen LogP contribution in [0.15, 0.2) is 90.1 Å². The molecule has 3 heterocycles. The summed E-state index contributed by atoms with van der Waals surface area (Å²) in [5.41, 5.74) is 4.20. The van der Waals surface area contributed by atoms with E-state index in [-0.39, 0.29) is 23.7 Å². The Hall–Kier alpha value is -5.12. The highest BCUT2D eigenvalue weighted by molar-refractivity contribution is 6.04. The lowest BCUT2D eigenvalue weighted by molar-refractivity contribution is -0.115. The first-order chi connectivity index (χ1) is 18.7. The van der Waals surface area contributed by atoms with E-state index in [0.29, 0.717) is 22.8 Å². The van der Waals surface area contributed by atoms with Crippen LogP contribution in [0.5, 0.6) is 0 Å². The van der Waals surface area contributed by atoms with Gasteiger partial charge in [0.05, 0.1) is 24.0 Å². The van der Waals surface area contributed by atoms with Crippen molar-refractivity contribution in [1.29, 1.82) is 0 Å². The first-order valence-corrected chi connectivity index (χ1v) is 12.3. The van der Waals surface area contributed by atoms with Crippen LogP contribution in [0.3, 0.4) is 0 Å². The number of hydrogen-bond donors (Lipinski definition) is 2. The number of nitrogens with zero attached hydrogens (tertiary/aromatic N) is 5. The summed E-state index contributed by atoms with van der Waals surface area (Å²) in [4.78, 5) is 33.3. The predicted molar refractivity (Wildman–Crippen MR) is 147 cm³/mol. The third kappa shape index (κ3) is 6.24. The summed E-state index contributed by atoms with van der Waals surface area (Å²) in [5, 5.41) is 13.9. The van der Waals surface area contributed by atoms with E-state index in [0.717, 1.165) is 22.5 Å². The molecular weight excluding hydrogens is 494 g/mol. The van der Waals surface area contributed by atoms with E-state index in [2.05, 4.69) is 30.9 Å². The Balaban J connectivity index is 1.16. The second kappa shape index (κ2) is 10.7. The van der Waals surface area contributed by atoms with Gasteiger partial charge in [-0.15, -0.1) is 0 Å². The summed E-state index contributed by atoms with van der Waals surface area (Å²) in [5.74, 6) is 0.636. The van der Waals surface area contributed by atoms with Crippen LogP contribution >= 0.6 is 0 Å². The zero-order valence-corrected chi connectivity index (χ0v) is 21.8. The van der Waals surface area contributed by atoms with Gasteiger partial charge < -0.3 is 15.2 Å². The molecule has 0 atom stereocenters. The summed E-state index contributed by atoms with van der Waals surface area (Å²) in [7, 11) is 0. The second-order valence-corrected chi connectivity index (χ2v) is 10.0. The van der Waals surface area contributed by atoms with Gasteiger partial charge in [-0.05, 0) is 48.0 Å². The number of carbonyl (C=O) groups is 2. The Labute approximate surface area is 225 Å².